The molecule has 0 atom stereocenters. The number of primary sulfonamides is 1. The van der Waals surface area contributed by atoms with Crippen molar-refractivity contribution in [2.45, 2.75) is 11.4 Å². The molecule has 1 aromatic heterocycles. The fraction of sp³-hybridized carbons (Fsp3) is 0.158. The van der Waals surface area contributed by atoms with Crippen LogP contribution in [0.3, 0.4) is 0 Å². The van der Waals surface area contributed by atoms with Gasteiger partial charge >= 0.3 is 0 Å². The Hall–Kier alpha value is -3.17. The molecule has 1 heterocycles. The van der Waals surface area contributed by atoms with Gasteiger partial charge in [-0.15, -0.1) is 0 Å². The summed E-state index contributed by atoms with van der Waals surface area (Å²) in [4.78, 5) is 12.5. The second kappa shape index (κ2) is 7.83. The van der Waals surface area contributed by atoms with E-state index in [-0.39, 0.29) is 17.3 Å². The topological polar surface area (TPSA) is 116 Å². The van der Waals surface area contributed by atoms with Gasteiger partial charge in [0.15, 0.2) is 0 Å². The molecule has 146 valence electrons. The zero-order valence-electron chi connectivity index (χ0n) is 15.4. The molecule has 9 heteroatoms. The number of carbonyl (C=O) groups excluding carboxylic acids is 1. The third kappa shape index (κ3) is 4.38. The molecule has 0 fully saturated rings. The summed E-state index contributed by atoms with van der Waals surface area (Å²) in [6.45, 7) is 0.243. The Morgan fingerprint density at radius 3 is 2.36 bits per heavy atom. The lowest BCUT2D eigenvalue weighted by molar-refractivity contribution is 0.0941. The predicted octanol–water partition coefficient (Wildman–Crippen LogP) is 1.67. The number of hydrogen-bond donors (Lipinski definition) is 2. The number of nitrogens with zero attached hydrogens (tertiary/aromatic N) is 2. The maximum absolute atomic E-state index is 12.5. The smallest absolute Gasteiger partial charge is 0.269 e. The van der Waals surface area contributed by atoms with Crippen LogP contribution in [-0.4, -0.2) is 31.2 Å². The van der Waals surface area contributed by atoms with Crippen molar-refractivity contribution in [1.82, 2.24) is 15.1 Å². The van der Waals surface area contributed by atoms with Crippen molar-refractivity contribution in [1.29, 1.82) is 0 Å². The van der Waals surface area contributed by atoms with E-state index in [0.717, 1.165) is 16.9 Å². The van der Waals surface area contributed by atoms with Gasteiger partial charge in [0.1, 0.15) is 11.4 Å². The van der Waals surface area contributed by atoms with Crippen LogP contribution in [0.1, 0.15) is 16.1 Å². The fourth-order valence-electron chi connectivity index (χ4n) is 2.65. The highest BCUT2D eigenvalue weighted by Gasteiger charge is 2.14. The van der Waals surface area contributed by atoms with E-state index in [1.807, 2.05) is 24.3 Å². The normalized spacial score (nSPS) is 11.2. The van der Waals surface area contributed by atoms with E-state index in [0.29, 0.717) is 11.4 Å². The second-order valence-corrected chi connectivity index (χ2v) is 7.70. The number of methoxy groups -OCH3 is 1. The van der Waals surface area contributed by atoms with E-state index in [9.17, 15) is 13.2 Å². The Morgan fingerprint density at radius 1 is 1.14 bits per heavy atom. The van der Waals surface area contributed by atoms with Crippen molar-refractivity contribution in [3.05, 3.63) is 65.9 Å². The highest BCUT2D eigenvalue weighted by molar-refractivity contribution is 7.89. The number of sulfonamides is 1. The summed E-state index contributed by atoms with van der Waals surface area (Å²) in [5.74, 6) is 0.455. The highest BCUT2D eigenvalue weighted by atomic mass is 32.2. The third-order valence-corrected chi connectivity index (χ3v) is 5.13. The molecule has 0 bridgehead atoms. The van der Waals surface area contributed by atoms with Gasteiger partial charge in [0.05, 0.1) is 17.7 Å². The van der Waals surface area contributed by atoms with Crippen LogP contribution in [0.4, 0.5) is 0 Å². The number of aryl methyl sites for hydroxylation is 1. The molecule has 8 nitrogen and oxygen atoms in total. The summed E-state index contributed by atoms with van der Waals surface area (Å²) < 4.78 is 29.2. The summed E-state index contributed by atoms with van der Waals surface area (Å²) in [6, 6.07) is 15.1. The van der Waals surface area contributed by atoms with Crippen LogP contribution in [0.2, 0.25) is 0 Å². The molecule has 0 radical (unpaired) electrons. The van der Waals surface area contributed by atoms with Crippen molar-refractivity contribution in [2.24, 2.45) is 12.2 Å². The van der Waals surface area contributed by atoms with Gasteiger partial charge in [0.25, 0.3) is 5.91 Å². The number of carbonyl (C=O) groups is 1. The van der Waals surface area contributed by atoms with E-state index in [2.05, 4.69) is 10.4 Å². The predicted molar refractivity (Wildman–Crippen MR) is 104 cm³/mol. The summed E-state index contributed by atoms with van der Waals surface area (Å²) in [6.07, 6.45) is 0. The average molecular weight is 400 g/mol. The summed E-state index contributed by atoms with van der Waals surface area (Å²) in [5, 5.41) is 12.3. The van der Waals surface area contributed by atoms with Crippen molar-refractivity contribution < 1.29 is 17.9 Å². The highest BCUT2D eigenvalue weighted by Crippen LogP contribution is 2.22. The molecule has 28 heavy (non-hydrogen) atoms. The van der Waals surface area contributed by atoms with Gasteiger partial charge in [0.2, 0.25) is 10.0 Å². The van der Waals surface area contributed by atoms with Crippen LogP contribution in [0.15, 0.2) is 59.5 Å². The Kier molecular flexibility index (Phi) is 5.48. The first-order chi connectivity index (χ1) is 13.3. The monoisotopic (exact) mass is 400 g/mol. The number of benzene rings is 2. The average Bonchev–Trinajstić information content (AvgIpc) is 3.07. The molecule has 0 spiro atoms. The van der Waals surface area contributed by atoms with Crippen molar-refractivity contribution in [3.63, 3.8) is 0 Å². The van der Waals surface area contributed by atoms with Crippen LogP contribution in [-0.2, 0) is 23.6 Å². The van der Waals surface area contributed by atoms with Gasteiger partial charge in [-0.25, -0.2) is 13.6 Å². The Labute approximate surface area is 163 Å². The quantitative estimate of drug-likeness (QED) is 0.653. The molecule has 0 aliphatic heterocycles. The first kappa shape index (κ1) is 19.6. The number of rotatable bonds is 6. The van der Waals surface area contributed by atoms with Gasteiger partial charge in [-0.3, -0.25) is 9.48 Å². The number of nitrogens with two attached hydrogens (primary N) is 1. The Balaban J connectivity index is 1.70. The van der Waals surface area contributed by atoms with Crippen molar-refractivity contribution in [3.8, 4) is 17.0 Å². The second-order valence-electron chi connectivity index (χ2n) is 6.14. The lowest BCUT2D eigenvalue weighted by atomic mass is 10.1. The molecule has 3 N–H and O–H groups in total. The molecule has 3 aromatic rings. The maximum atomic E-state index is 12.5. The molecule has 0 saturated heterocycles. The van der Waals surface area contributed by atoms with Crippen LogP contribution in [0, 0.1) is 0 Å². The number of amides is 1. The van der Waals surface area contributed by atoms with Gasteiger partial charge in [-0.2, -0.15) is 5.10 Å². The lowest BCUT2D eigenvalue weighted by Gasteiger charge is -2.06. The van der Waals surface area contributed by atoms with Gasteiger partial charge in [-0.1, -0.05) is 12.1 Å². The summed E-state index contributed by atoms with van der Waals surface area (Å²) in [5.41, 5.74) is 2.70. The maximum Gasteiger partial charge on any atom is 0.269 e. The van der Waals surface area contributed by atoms with Crippen LogP contribution >= 0.6 is 0 Å². The molecule has 0 aliphatic carbocycles. The molecule has 1 amide bonds. The van der Waals surface area contributed by atoms with Crippen molar-refractivity contribution >= 4 is 15.9 Å². The number of aromatic nitrogens is 2. The molecule has 0 aliphatic rings. The number of nitrogens with one attached hydrogen (secondary N) is 1. The SMILES string of the molecule is COc1ccc(-c2cc(C(=O)NCc3ccc(S(N)(=O)=O)cc3)n(C)n2)cc1. The molecule has 2 aromatic carbocycles. The van der Waals surface area contributed by atoms with Gasteiger partial charge in [-0.05, 0) is 48.0 Å². The first-order valence-electron chi connectivity index (χ1n) is 8.36. The van der Waals surface area contributed by atoms with Crippen molar-refractivity contribution in [2.75, 3.05) is 7.11 Å². The van der Waals surface area contributed by atoms with Gasteiger partial charge < -0.3 is 10.1 Å². The Bertz CT molecular complexity index is 1090. The molecule has 0 unspecified atom stereocenters. The Morgan fingerprint density at radius 2 is 1.79 bits per heavy atom. The standard InChI is InChI=1S/C19H20N4O4S/c1-23-18(11-17(22-23)14-5-7-15(27-2)8-6-14)19(24)21-12-13-3-9-16(10-4-13)28(20,25)26/h3-11H,12H2,1-2H3,(H,21,24)(H2,20,25,26). The minimum atomic E-state index is -3.73. The minimum absolute atomic E-state index is 0.0262. The third-order valence-electron chi connectivity index (χ3n) is 4.20. The van der Waals surface area contributed by atoms with E-state index < -0.39 is 10.0 Å². The lowest BCUT2D eigenvalue weighted by Crippen LogP contribution is -2.25. The molecule has 0 saturated carbocycles. The molecule has 3 rings (SSSR count). The zero-order chi connectivity index (χ0) is 20.3. The summed E-state index contributed by atoms with van der Waals surface area (Å²) in [7, 11) is -0.439. The molecular weight excluding hydrogens is 380 g/mol. The van der Waals surface area contributed by atoms with Crippen LogP contribution in [0.25, 0.3) is 11.3 Å². The summed E-state index contributed by atoms with van der Waals surface area (Å²) >= 11 is 0. The van der Waals surface area contributed by atoms with E-state index in [1.54, 1.807) is 32.4 Å². The fourth-order valence-corrected chi connectivity index (χ4v) is 3.17. The number of ether oxygens (including phenoxy) is 1. The van der Waals surface area contributed by atoms with E-state index in [4.69, 9.17) is 9.88 Å². The van der Waals surface area contributed by atoms with Crippen LogP contribution < -0.4 is 15.2 Å². The van der Waals surface area contributed by atoms with E-state index in [1.165, 1.54) is 16.8 Å². The van der Waals surface area contributed by atoms with Gasteiger partial charge in [0, 0.05) is 19.2 Å². The van der Waals surface area contributed by atoms with Crippen LogP contribution in [0.5, 0.6) is 5.75 Å². The van der Waals surface area contributed by atoms with E-state index >= 15 is 0 Å². The first-order valence-corrected chi connectivity index (χ1v) is 9.91. The largest absolute Gasteiger partial charge is 0.497 e. The minimum Gasteiger partial charge on any atom is -0.497 e. The number of hydrogen-bond acceptors (Lipinski definition) is 5. The zero-order valence-corrected chi connectivity index (χ0v) is 16.2. The molecular formula is C19H20N4O4S.